The van der Waals surface area contributed by atoms with Gasteiger partial charge in [0.1, 0.15) is 11.4 Å². The predicted octanol–water partition coefficient (Wildman–Crippen LogP) is 7.95. The molecule has 2 amide bonds. The van der Waals surface area contributed by atoms with E-state index in [9.17, 15) is 9.59 Å². The smallest absolute Gasteiger partial charge is 0.257 e. The van der Waals surface area contributed by atoms with Gasteiger partial charge in [-0.25, -0.2) is 9.97 Å². The first-order valence-electron chi connectivity index (χ1n) is 13.4. The third-order valence-corrected chi connectivity index (χ3v) is 8.16. The summed E-state index contributed by atoms with van der Waals surface area (Å²) in [6.45, 7) is 0. The Balaban J connectivity index is 1.03. The lowest BCUT2D eigenvalue weighted by molar-refractivity contribution is 0.101. The van der Waals surface area contributed by atoms with Gasteiger partial charge in [0.2, 0.25) is 0 Å². The van der Waals surface area contributed by atoms with Crippen molar-refractivity contribution in [1.29, 1.82) is 0 Å². The second-order valence-electron chi connectivity index (χ2n) is 9.70. The maximum absolute atomic E-state index is 12.8. The number of thiazole rings is 2. The Morgan fingerprint density at radius 2 is 0.857 bits per heavy atom. The molecule has 6 aromatic rings. The molecule has 8 heteroatoms. The molecular formula is C34H26N4O2S2. The summed E-state index contributed by atoms with van der Waals surface area (Å²) in [6, 6.07) is 35.6. The van der Waals surface area contributed by atoms with Crippen LogP contribution in [0.4, 0.5) is 10.3 Å². The molecule has 6 rings (SSSR count). The Morgan fingerprint density at radius 1 is 0.500 bits per heavy atom. The standard InChI is InChI=1S/C34H26N4O2S2/c39-31(27-15-11-25(12-16-27)19-23-7-3-1-4-8-23)37-33-35-29(21-41-33)30-22-42-34(36-30)38-32(40)28-17-13-26(14-18-28)20-24-9-5-2-6-10-24/h1-18,21-22H,19-20H2,(H,35,37,39)(H,36,38,40). The molecule has 42 heavy (non-hydrogen) atoms. The number of nitrogens with one attached hydrogen (secondary N) is 2. The van der Waals surface area contributed by atoms with E-state index in [0.29, 0.717) is 32.8 Å². The molecule has 0 fully saturated rings. The summed E-state index contributed by atoms with van der Waals surface area (Å²) in [4.78, 5) is 34.7. The van der Waals surface area contributed by atoms with Crippen LogP contribution in [-0.4, -0.2) is 21.8 Å². The molecule has 2 N–H and O–H groups in total. The number of carbonyl (C=O) groups is 2. The van der Waals surface area contributed by atoms with Gasteiger partial charge in [0.25, 0.3) is 11.8 Å². The summed E-state index contributed by atoms with van der Waals surface area (Å²) < 4.78 is 0. The molecular weight excluding hydrogens is 561 g/mol. The van der Waals surface area contributed by atoms with E-state index in [1.54, 1.807) is 0 Å². The fourth-order valence-electron chi connectivity index (χ4n) is 4.45. The van der Waals surface area contributed by atoms with Gasteiger partial charge in [-0.15, -0.1) is 22.7 Å². The lowest BCUT2D eigenvalue weighted by atomic mass is 10.0. The summed E-state index contributed by atoms with van der Waals surface area (Å²) in [7, 11) is 0. The first-order valence-corrected chi connectivity index (χ1v) is 15.1. The van der Waals surface area contributed by atoms with Crippen LogP contribution in [0.15, 0.2) is 120 Å². The second-order valence-corrected chi connectivity index (χ2v) is 11.4. The highest BCUT2D eigenvalue weighted by molar-refractivity contribution is 7.15. The van der Waals surface area contributed by atoms with Gasteiger partial charge in [-0.2, -0.15) is 0 Å². The quantitative estimate of drug-likeness (QED) is 0.180. The number of hydrogen-bond acceptors (Lipinski definition) is 6. The van der Waals surface area contributed by atoms with Crippen molar-refractivity contribution >= 4 is 44.8 Å². The number of anilines is 2. The van der Waals surface area contributed by atoms with E-state index in [0.717, 1.165) is 24.0 Å². The molecule has 2 heterocycles. The summed E-state index contributed by atoms with van der Waals surface area (Å²) in [5.41, 5.74) is 7.13. The number of carbonyl (C=O) groups excluding carboxylic acids is 2. The highest BCUT2D eigenvalue weighted by Crippen LogP contribution is 2.28. The van der Waals surface area contributed by atoms with Crippen molar-refractivity contribution in [2.24, 2.45) is 0 Å². The Labute approximate surface area is 251 Å². The number of rotatable bonds is 9. The predicted molar refractivity (Wildman–Crippen MR) is 171 cm³/mol. The van der Waals surface area contributed by atoms with Gasteiger partial charge in [0, 0.05) is 21.9 Å². The van der Waals surface area contributed by atoms with Crippen molar-refractivity contribution in [3.63, 3.8) is 0 Å². The third-order valence-electron chi connectivity index (χ3n) is 6.65. The van der Waals surface area contributed by atoms with E-state index in [1.807, 2.05) is 95.7 Å². The average molecular weight is 587 g/mol. The normalized spacial score (nSPS) is 10.8. The number of nitrogens with zero attached hydrogens (tertiary/aromatic N) is 2. The van der Waals surface area contributed by atoms with E-state index in [-0.39, 0.29) is 11.8 Å². The van der Waals surface area contributed by atoms with E-state index in [1.165, 1.54) is 33.8 Å². The zero-order valence-electron chi connectivity index (χ0n) is 22.5. The summed E-state index contributed by atoms with van der Waals surface area (Å²) in [5.74, 6) is -0.439. The van der Waals surface area contributed by atoms with Crippen LogP contribution in [0.3, 0.4) is 0 Å². The monoisotopic (exact) mass is 586 g/mol. The van der Waals surface area contributed by atoms with Gasteiger partial charge in [-0.3, -0.25) is 20.2 Å². The second kappa shape index (κ2) is 12.7. The van der Waals surface area contributed by atoms with Crippen molar-refractivity contribution in [1.82, 2.24) is 9.97 Å². The lowest BCUT2D eigenvalue weighted by Gasteiger charge is -2.05. The molecule has 0 aliphatic carbocycles. The van der Waals surface area contributed by atoms with Crippen molar-refractivity contribution in [2.45, 2.75) is 12.8 Å². The van der Waals surface area contributed by atoms with Gasteiger partial charge in [0.15, 0.2) is 10.3 Å². The van der Waals surface area contributed by atoms with Crippen molar-refractivity contribution in [3.8, 4) is 11.4 Å². The van der Waals surface area contributed by atoms with Crippen LogP contribution < -0.4 is 10.6 Å². The molecule has 0 saturated heterocycles. The van der Waals surface area contributed by atoms with Crippen LogP contribution in [-0.2, 0) is 12.8 Å². The topological polar surface area (TPSA) is 84.0 Å². The number of benzene rings is 4. The number of amides is 2. The molecule has 0 aliphatic heterocycles. The SMILES string of the molecule is O=C(Nc1nc(-c2csc(NC(=O)c3ccc(Cc4ccccc4)cc3)n2)cs1)c1ccc(Cc2ccccc2)cc1. The molecule has 4 aromatic carbocycles. The average Bonchev–Trinajstić information content (AvgIpc) is 3.69. The highest BCUT2D eigenvalue weighted by Gasteiger charge is 2.14. The fourth-order valence-corrected chi connectivity index (χ4v) is 5.85. The Morgan fingerprint density at radius 3 is 1.24 bits per heavy atom. The van der Waals surface area contributed by atoms with Crippen LogP contribution in [0.1, 0.15) is 43.0 Å². The van der Waals surface area contributed by atoms with Crippen molar-refractivity contribution < 1.29 is 9.59 Å². The Hall–Kier alpha value is -4.92. The number of hydrogen-bond donors (Lipinski definition) is 2. The third kappa shape index (κ3) is 6.86. The molecule has 206 valence electrons. The van der Waals surface area contributed by atoms with Crippen molar-refractivity contribution in [2.75, 3.05) is 10.6 Å². The van der Waals surface area contributed by atoms with Gasteiger partial charge in [-0.1, -0.05) is 84.9 Å². The molecule has 0 radical (unpaired) electrons. The van der Waals surface area contributed by atoms with E-state index in [2.05, 4.69) is 44.9 Å². The first kappa shape index (κ1) is 27.3. The van der Waals surface area contributed by atoms with Gasteiger partial charge < -0.3 is 0 Å². The number of aromatic nitrogens is 2. The van der Waals surface area contributed by atoms with Crippen molar-refractivity contribution in [3.05, 3.63) is 153 Å². The largest absolute Gasteiger partial charge is 0.298 e. The zero-order valence-corrected chi connectivity index (χ0v) is 24.1. The van der Waals surface area contributed by atoms with Gasteiger partial charge in [-0.05, 0) is 59.4 Å². The minimum Gasteiger partial charge on any atom is -0.298 e. The molecule has 0 spiro atoms. The molecule has 0 atom stereocenters. The molecule has 6 nitrogen and oxygen atoms in total. The maximum atomic E-state index is 12.8. The van der Waals surface area contributed by atoms with Crippen LogP contribution in [0.25, 0.3) is 11.4 Å². The Kier molecular flexibility index (Phi) is 8.26. The van der Waals surface area contributed by atoms with Crippen LogP contribution >= 0.6 is 22.7 Å². The molecule has 0 aliphatic rings. The molecule has 0 saturated carbocycles. The fraction of sp³-hybridized carbons (Fsp3) is 0.0588. The zero-order chi connectivity index (χ0) is 28.7. The minimum atomic E-state index is -0.219. The lowest BCUT2D eigenvalue weighted by Crippen LogP contribution is -2.12. The summed E-state index contributed by atoms with van der Waals surface area (Å²) in [6.07, 6.45) is 1.63. The first-order chi connectivity index (χ1) is 20.6. The molecule has 0 bridgehead atoms. The minimum absolute atomic E-state index is 0.219. The van der Waals surface area contributed by atoms with Gasteiger partial charge in [0.05, 0.1) is 0 Å². The van der Waals surface area contributed by atoms with Gasteiger partial charge >= 0.3 is 0 Å². The summed E-state index contributed by atoms with van der Waals surface area (Å²) in [5, 5.41) is 10.4. The Bertz CT molecular complexity index is 1660. The van der Waals surface area contributed by atoms with Crippen LogP contribution in [0.2, 0.25) is 0 Å². The summed E-state index contributed by atoms with van der Waals surface area (Å²) >= 11 is 2.66. The van der Waals surface area contributed by atoms with E-state index >= 15 is 0 Å². The van der Waals surface area contributed by atoms with E-state index in [4.69, 9.17) is 0 Å². The molecule has 0 unspecified atom stereocenters. The molecule has 2 aromatic heterocycles. The van der Waals surface area contributed by atoms with E-state index < -0.39 is 0 Å². The van der Waals surface area contributed by atoms with Crippen LogP contribution in [0.5, 0.6) is 0 Å². The maximum Gasteiger partial charge on any atom is 0.257 e. The van der Waals surface area contributed by atoms with Crippen LogP contribution in [0, 0.1) is 0 Å². The highest BCUT2D eigenvalue weighted by atomic mass is 32.1.